The Morgan fingerprint density at radius 3 is 2.50 bits per heavy atom. The monoisotopic (exact) mass is 277 g/mol. The standard InChI is InChI=1S/C17H21F2N/c18-12-4-10(5-13(19)8-12)9-20-17-7-11-6-16(17)15-3-1-2-14(11)15/h4-5,8,11,14-17,20H,1-3,6-7,9H2. The van der Waals surface area contributed by atoms with Gasteiger partial charge in [0.15, 0.2) is 0 Å². The smallest absolute Gasteiger partial charge is 0.126 e. The number of halogens is 2. The lowest BCUT2D eigenvalue weighted by Crippen LogP contribution is -2.38. The van der Waals surface area contributed by atoms with Gasteiger partial charge in [-0.1, -0.05) is 6.42 Å². The van der Waals surface area contributed by atoms with E-state index in [2.05, 4.69) is 5.32 Å². The van der Waals surface area contributed by atoms with Gasteiger partial charge in [0.1, 0.15) is 11.6 Å². The van der Waals surface area contributed by atoms with E-state index in [1.165, 1.54) is 44.2 Å². The van der Waals surface area contributed by atoms with Gasteiger partial charge >= 0.3 is 0 Å². The fourth-order valence-electron chi connectivity index (χ4n) is 5.26. The second kappa shape index (κ2) is 4.80. The molecule has 3 saturated carbocycles. The van der Waals surface area contributed by atoms with Crippen LogP contribution in [-0.2, 0) is 6.54 Å². The number of nitrogens with one attached hydrogen (secondary N) is 1. The number of fused-ring (bicyclic) bond motifs is 5. The van der Waals surface area contributed by atoms with Crippen LogP contribution >= 0.6 is 0 Å². The summed E-state index contributed by atoms with van der Waals surface area (Å²) in [5.74, 6) is 2.68. The molecule has 108 valence electrons. The van der Waals surface area contributed by atoms with Crippen LogP contribution in [0.3, 0.4) is 0 Å². The molecule has 1 N–H and O–H groups in total. The minimum Gasteiger partial charge on any atom is -0.310 e. The zero-order valence-electron chi connectivity index (χ0n) is 11.6. The molecule has 1 aromatic carbocycles. The SMILES string of the molecule is Fc1cc(F)cc(CNC2CC3CC2C2CCCC32)c1. The van der Waals surface area contributed by atoms with Crippen LogP contribution in [0.25, 0.3) is 0 Å². The van der Waals surface area contributed by atoms with Crippen LogP contribution in [0.5, 0.6) is 0 Å². The van der Waals surface area contributed by atoms with Crippen molar-refractivity contribution in [3.8, 4) is 0 Å². The number of benzene rings is 1. The van der Waals surface area contributed by atoms with E-state index >= 15 is 0 Å². The predicted octanol–water partition coefficient (Wildman–Crippen LogP) is 3.88. The molecule has 4 rings (SSSR count). The van der Waals surface area contributed by atoms with E-state index in [9.17, 15) is 8.78 Å². The van der Waals surface area contributed by atoms with Crippen molar-refractivity contribution in [2.75, 3.05) is 0 Å². The summed E-state index contributed by atoms with van der Waals surface area (Å²) >= 11 is 0. The van der Waals surface area contributed by atoms with Crippen LogP contribution in [0, 0.1) is 35.3 Å². The van der Waals surface area contributed by atoms with Gasteiger partial charge in [-0.15, -0.1) is 0 Å². The zero-order valence-corrected chi connectivity index (χ0v) is 11.6. The van der Waals surface area contributed by atoms with E-state index in [-0.39, 0.29) is 0 Å². The summed E-state index contributed by atoms with van der Waals surface area (Å²) in [5, 5.41) is 3.56. The maximum Gasteiger partial charge on any atom is 0.126 e. The van der Waals surface area contributed by atoms with Crippen LogP contribution in [0.1, 0.15) is 37.7 Å². The van der Waals surface area contributed by atoms with Gasteiger partial charge in [-0.05, 0) is 67.1 Å². The van der Waals surface area contributed by atoms with Gasteiger partial charge in [-0.25, -0.2) is 8.78 Å². The summed E-state index contributed by atoms with van der Waals surface area (Å²) in [7, 11) is 0. The molecule has 0 amide bonds. The topological polar surface area (TPSA) is 12.0 Å². The van der Waals surface area contributed by atoms with Gasteiger partial charge in [-0.3, -0.25) is 0 Å². The van der Waals surface area contributed by atoms with Gasteiger partial charge in [0.05, 0.1) is 0 Å². The molecule has 3 fully saturated rings. The second-order valence-electron chi connectivity index (χ2n) is 6.92. The van der Waals surface area contributed by atoms with Crippen LogP contribution in [0.2, 0.25) is 0 Å². The van der Waals surface area contributed by atoms with E-state index in [1.807, 2.05) is 0 Å². The molecule has 1 aromatic rings. The molecule has 3 heteroatoms. The molecule has 3 aliphatic rings. The van der Waals surface area contributed by atoms with Crippen LogP contribution in [-0.4, -0.2) is 6.04 Å². The first-order valence-electron chi connectivity index (χ1n) is 7.89. The number of hydrogen-bond acceptors (Lipinski definition) is 1. The van der Waals surface area contributed by atoms with Crippen LogP contribution in [0.15, 0.2) is 18.2 Å². The Kier molecular flexibility index (Phi) is 3.06. The zero-order chi connectivity index (χ0) is 13.7. The predicted molar refractivity (Wildman–Crippen MR) is 74.0 cm³/mol. The van der Waals surface area contributed by atoms with Crippen molar-refractivity contribution in [2.45, 2.75) is 44.7 Å². The molecule has 0 aliphatic heterocycles. The van der Waals surface area contributed by atoms with E-state index in [1.54, 1.807) is 0 Å². The average Bonchev–Trinajstić information content (AvgIpc) is 3.07. The fraction of sp³-hybridized carbons (Fsp3) is 0.647. The molecular formula is C17H21F2N. The van der Waals surface area contributed by atoms with Gasteiger partial charge < -0.3 is 5.32 Å². The molecule has 0 heterocycles. The van der Waals surface area contributed by atoms with Crippen LogP contribution < -0.4 is 5.32 Å². The van der Waals surface area contributed by atoms with Gasteiger partial charge in [-0.2, -0.15) is 0 Å². The molecule has 3 aliphatic carbocycles. The summed E-state index contributed by atoms with van der Waals surface area (Å²) in [6.45, 7) is 0.583. The largest absolute Gasteiger partial charge is 0.310 e. The highest BCUT2D eigenvalue weighted by molar-refractivity contribution is 5.18. The van der Waals surface area contributed by atoms with Crippen molar-refractivity contribution in [1.29, 1.82) is 0 Å². The van der Waals surface area contributed by atoms with Crippen LogP contribution in [0.4, 0.5) is 8.78 Å². The van der Waals surface area contributed by atoms with Crippen molar-refractivity contribution in [3.63, 3.8) is 0 Å². The highest BCUT2D eigenvalue weighted by Gasteiger charge is 2.53. The lowest BCUT2D eigenvalue weighted by Gasteiger charge is -2.32. The Labute approximate surface area is 118 Å². The van der Waals surface area contributed by atoms with Crippen molar-refractivity contribution < 1.29 is 8.78 Å². The van der Waals surface area contributed by atoms with Gasteiger partial charge in [0.25, 0.3) is 0 Å². The third-order valence-corrected chi connectivity index (χ3v) is 5.92. The minimum atomic E-state index is -0.481. The summed E-state index contributed by atoms with van der Waals surface area (Å²) in [5.41, 5.74) is 0.716. The Morgan fingerprint density at radius 2 is 1.70 bits per heavy atom. The molecule has 20 heavy (non-hydrogen) atoms. The Morgan fingerprint density at radius 1 is 0.950 bits per heavy atom. The Balaban J connectivity index is 1.41. The van der Waals surface area contributed by atoms with Crippen molar-refractivity contribution >= 4 is 0 Å². The average molecular weight is 277 g/mol. The first-order valence-corrected chi connectivity index (χ1v) is 7.89. The second-order valence-corrected chi connectivity index (χ2v) is 6.92. The van der Waals surface area contributed by atoms with Crippen molar-refractivity contribution in [2.24, 2.45) is 23.7 Å². The maximum atomic E-state index is 13.2. The van der Waals surface area contributed by atoms with E-state index in [0.717, 1.165) is 29.7 Å². The quantitative estimate of drug-likeness (QED) is 0.884. The first-order chi connectivity index (χ1) is 9.70. The minimum absolute atomic E-state index is 0.481. The number of hydrogen-bond donors (Lipinski definition) is 1. The van der Waals surface area contributed by atoms with Gasteiger partial charge in [0.2, 0.25) is 0 Å². The van der Waals surface area contributed by atoms with E-state index in [4.69, 9.17) is 0 Å². The van der Waals surface area contributed by atoms with E-state index in [0.29, 0.717) is 18.2 Å². The van der Waals surface area contributed by atoms with Crippen molar-refractivity contribution in [1.82, 2.24) is 5.32 Å². The molecule has 5 atom stereocenters. The summed E-state index contributed by atoms with van der Waals surface area (Å²) in [6.07, 6.45) is 6.89. The molecule has 0 saturated heterocycles. The first kappa shape index (κ1) is 12.8. The summed E-state index contributed by atoms with van der Waals surface area (Å²) in [6, 6.07) is 4.36. The fourth-order valence-corrected chi connectivity index (χ4v) is 5.26. The normalized spacial score (nSPS) is 38.4. The van der Waals surface area contributed by atoms with Gasteiger partial charge in [0, 0.05) is 18.7 Å². The molecule has 0 aromatic heterocycles. The lowest BCUT2D eigenvalue weighted by molar-refractivity contribution is 0.208. The third-order valence-electron chi connectivity index (χ3n) is 5.92. The molecule has 5 unspecified atom stereocenters. The third kappa shape index (κ3) is 2.07. The van der Waals surface area contributed by atoms with E-state index < -0.39 is 11.6 Å². The maximum absolute atomic E-state index is 13.2. The Hall–Kier alpha value is -0.960. The summed E-state index contributed by atoms with van der Waals surface area (Å²) in [4.78, 5) is 0. The molecule has 0 spiro atoms. The highest BCUT2D eigenvalue weighted by Crippen LogP contribution is 2.58. The highest BCUT2D eigenvalue weighted by atomic mass is 19.1. The lowest BCUT2D eigenvalue weighted by atomic mass is 9.79. The molecule has 1 nitrogen and oxygen atoms in total. The molecular weight excluding hydrogens is 256 g/mol. The van der Waals surface area contributed by atoms with Crippen molar-refractivity contribution in [3.05, 3.63) is 35.4 Å². The molecule has 0 radical (unpaired) electrons. The number of rotatable bonds is 3. The Bertz CT molecular complexity index is 495. The summed E-state index contributed by atoms with van der Waals surface area (Å²) < 4.78 is 26.4. The molecule has 2 bridgehead atoms.